The van der Waals surface area contributed by atoms with Crippen LogP contribution in [0.25, 0.3) is 0 Å². The van der Waals surface area contributed by atoms with Gasteiger partial charge in [-0.15, -0.1) is 0 Å². The lowest BCUT2D eigenvalue weighted by atomic mass is 9.76. The molecule has 2 aromatic rings. The van der Waals surface area contributed by atoms with E-state index < -0.39 is 5.41 Å². The Kier molecular flexibility index (Phi) is 4.70. The van der Waals surface area contributed by atoms with Crippen LogP contribution < -0.4 is 5.73 Å². The van der Waals surface area contributed by atoms with Crippen LogP contribution in [0.15, 0.2) is 48.5 Å². The summed E-state index contributed by atoms with van der Waals surface area (Å²) in [5, 5.41) is 0. The second kappa shape index (κ2) is 6.50. The number of ether oxygens (including phenoxy) is 1. The molecule has 21 heavy (non-hydrogen) atoms. The van der Waals surface area contributed by atoms with Gasteiger partial charge in [-0.25, -0.2) is 0 Å². The number of esters is 1. The number of methoxy groups -OCH3 is 1. The summed E-state index contributed by atoms with van der Waals surface area (Å²) in [5.74, 6) is -0.334. The SMILES string of the molecule is COC(=O)C(CN)(Cc1cccc(C)n1)c1ccccc1. The van der Waals surface area contributed by atoms with Gasteiger partial charge < -0.3 is 10.5 Å². The zero-order valence-corrected chi connectivity index (χ0v) is 12.4. The molecule has 1 heterocycles. The molecule has 0 radical (unpaired) electrons. The first-order valence-electron chi connectivity index (χ1n) is 6.89. The van der Waals surface area contributed by atoms with E-state index in [1.165, 1.54) is 7.11 Å². The van der Waals surface area contributed by atoms with E-state index in [0.717, 1.165) is 17.0 Å². The second-order valence-corrected chi connectivity index (χ2v) is 5.09. The molecule has 0 saturated heterocycles. The van der Waals surface area contributed by atoms with E-state index in [-0.39, 0.29) is 12.5 Å². The first-order chi connectivity index (χ1) is 10.1. The molecule has 4 heteroatoms. The summed E-state index contributed by atoms with van der Waals surface area (Å²) >= 11 is 0. The van der Waals surface area contributed by atoms with Crippen molar-refractivity contribution in [2.75, 3.05) is 13.7 Å². The number of benzene rings is 1. The van der Waals surface area contributed by atoms with Gasteiger partial charge in [0.15, 0.2) is 0 Å². The molecule has 1 aromatic carbocycles. The molecule has 1 unspecified atom stereocenters. The summed E-state index contributed by atoms with van der Waals surface area (Å²) in [4.78, 5) is 16.9. The largest absolute Gasteiger partial charge is 0.468 e. The number of aromatic nitrogens is 1. The minimum atomic E-state index is -0.906. The Morgan fingerprint density at radius 1 is 1.19 bits per heavy atom. The van der Waals surface area contributed by atoms with Crippen LogP contribution in [0.4, 0.5) is 0 Å². The maximum atomic E-state index is 12.4. The van der Waals surface area contributed by atoms with Crippen molar-refractivity contribution < 1.29 is 9.53 Å². The summed E-state index contributed by atoms with van der Waals surface area (Å²) in [6.07, 6.45) is 0.419. The van der Waals surface area contributed by atoms with Gasteiger partial charge >= 0.3 is 5.97 Å². The predicted octanol–water partition coefficient (Wildman–Crippen LogP) is 2.00. The molecule has 0 spiro atoms. The zero-order chi connectivity index (χ0) is 15.3. The number of pyridine rings is 1. The van der Waals surface area contributed by atoms with Crippen LogP contribution in [0, 0.1) is 6.92 Å². The molecule has 1 atom stereocenters. The number of hydrogen-bond acceptors (Lipinski definition) is 4. The Hall–Kier alpha value is -2.20. The zero-order valence-electron chi connectivity index (χ0n) is 12.4. The highest BCUT2D eigenvalue weighted by Crippen LogP contribution is 2.29. The van der Waals surface area contributed by atoms with E-state index in [1.807, 2.05) is 55.5 Å². The molecule has 0 fully saturated rings. The average molecular weight is 284 g/mol. The van der Waals surface area contributed by atoms with E-state index in [1.54, 1.807) is 0 Å². The Balaban J connectivity index is 2.48. The third-order valence-corrected chi connectivity index (χ3v) is 3.68. The number of rotatable bonds is 5. The summed E-state index contributed by atoms with van der Waals surface area (Å²) in [5.41, 5.74) is 7.66. The Morgan fingerprint density at radius 2 is 1.90 bits per heavy atom. The topological polar surface area (TPSA) is 65.2 Å². The van der Waals surface area contributed by atoms with Crippen LogP contribution in [-0.4, -0.2) is 24.6 Å². The smallest absolute Gasteiger partial charge is 0.317 e. The lowest BCUT2D eigenvalue weighted by Gasteiger charge is -2.30. The summed E-state index contributed by atoms with van der Waals surface area (Å²) in [6.45, 7) is 2.09. The summed E-state index contributed by atoms with van der Waals surface area (Å²) in [7, 11) is 1.39. The Labute approximate surface area is 125 Å². The fraction of sp³-hybridized carbons (Fsp3) is 0.294. The van der Waals surface area contributed by atoms with Crippen molar-refractivity contribution in [1.29, 1.82) is 0 Å². The molecule has 2 N–H and O–H groups in total. The predicted molar refractivity (Wildman–Crippen MR) is 81.9 cm³/mol. The number of carbonyl (C=O) groups is 1. The van der Waals surface area contributed by atoms with E-state index in [9.17, 15) is 4.79 Å². The van der Waals surface area contributed by atoms with Gasteiger partial charge in [0.05, 0.1) is 7.11 Å². The third kappa shape index (κ3) is 3.11. The van der Waals surface area contributed by atoms with Crippen LogP contribution >= 0.6 is 0 Å². The number of nitrogens with two attached hydrogens (primary N) is 1. The second-order valence-electron chi connectivity index (χ2n) is 5.09. The molecule has 0 aliphatic carbocycles. The highest BCUT2D eigenvalue weighted by molar-refractivity contribution is 5.84. The van der Waals surface area contributed by atoms with Crippen molar-refractivity contribution in [3.8, 4) is 0 Å². The quantitative estimate of drug-likeness (QED) is 0.853. The summed E-state index contributed by atoms with van der Waals surface area (Å²) in [6, 6.07) is 15.3. The first kappa shape index (κ1) is 15.2. The fourth-order valence-electron chi connectivity index (χ4n) is 2.53. The van der Waals surface area contributed by atoms with Crippen molar-refractivity contribution >= 4 is 5.97 Å². The van der Waals surface area contributed by atoms with E-state index in [2.05, 4.69) is 4.98 Å². The third-order valence-electron chi connectivity index (χ3n) is 3.68. The number of carbonyl (C=O) groups excluding carboxylic acids is 1. The molecule has 1 aromatic heterocycles. The monoisotopic (exact) mass is 284 g/mol. The molecular weight excluding hydrogens is 264 g/mol. The van der Waals surface area contributed by atoms with Gasteiger partial charge in [-0.05, 0) is 24.6 Å². The van der Waals surface area contributed by atoms with Crippen LogP contribution in [-0.2, 0) is 21.4 Å². The maximum Gasteiger partial charge on any atom is 0.317 e. The molecule has 0 aliphatic rings. The van der Waals surface area contributed by atoms with Crippen molar-refractivity contribution in [2.24, 2.45) is 5.73 Å². The first-order valence-corrected chi connectivity index (χ1v) is 6.89. The number of aryl methyl sites for hydroxylation is 1. The molecule has 4 nitrogen and oxygen atoms in total. The van der Waals surface area contributed by atoms with E-state index in [4.69, 9.17) is 10.5 Å². The molecule has 0 bridgehead atoms. The standard InChI is InChI=1S/C17H20N2O2/c1-13-7-6-10-15(19-13)11-17(12-18,16(20)21-2)14-8-4-3-5-9-14/h3-10H,11-12,18H2,1-2H3. The van der Waals surface area contributed by atoms with Gasteiger partial charge in [0.25, 0.3) is 0 Å². The molecule has 110 valence electrons. The lowest BCUT2D eigenvalue weighted by molar-refractivity contribution is -0.147. The minimum absolute atomic E-state index is 0.166. The van der Waals surface area contributed by atoms with Gasteiger partial charge in [-0.2, -0.15) is 0 Å². The Bertz CT molecular complexity index is 613. The number of nitrogens with zero attached hydrogens (tertiary/aromatic N) is 1. The molecule has 0 aliphatic heterocycles. The highest BCUT2D eigenvalue weighted by atomic mass is 16.5. The van der Waals surface area contributed by atoms with Crippen molar-refractivity contribution in [1.82, 2.24) is 4.98 Å². The lowest BCUT2D eigenvalue weighted by Crippen LogP contribution is -2.46. The van der Waals surface area contributed by atoms with Crippen LogP contribution in [0.3, 0.4) is 0 Å². The fourth-order valence-corrected chi connectivity index (χ4v) is 2.53. The maximum absolute atomic E-state index is 12.4. The van der Waals surface area contributed by atoms with Gasteiger partial charge in [0.2, 0.25) is 0 Å². The van der Waals surface area contributed by atoms with Gasteiger partial charge in [0.1, 0.15) is 5.41 Å². The number of hydrogen-bond donors (Lipinski definition) is 1. The normalized spacial score (nSPS) is 13.5. The Morgan fingerprint density at radius 3 is 2.48 bits per heavy atom. The van der Waals surface area contributed by atoms with E-state index in [0.29, 0.717) is 6.42 Å². The van der Waals surface area contributed by atoms with Gasteiger partial charge in [-0.1, -0.05) is 36.4 Å². The van der Waals surface area contributed by atoms with Gasteiger partial charge in [-0.3, -0.25) is 9.78 Å². The molecule has 0 amide bonds. The van der Waals surface area contributed by atoms with Crippen molar-refractivity contribution in [3.63, 3.8) is 0 Å². The molecule has 2 rings (SSSR count). The van der Waals surface area contributed by atoms with Crippen molar-refractivity contribution in [2.45, 2.75) is 18.8 Å². The van der Waals surface area contributed by atoms with E-state index >= 15 is 0 Å². The molecule has 0 saturated carbocycles. The van der Waals surface area contributed by atoms with Crippen molar-refractivity contribution in [3.05, 3.63) is 65.5 Å². The van der Waals surface area contributed by atoms with Crippen LogP contribution in [0.1, 0.15) is 17.0 Å². The van der Waals surface area contributed by atoms with Gasteiger partial charge in [0, 0.05) is 24.4 Å². The van der Waals surface area contributed by atoms with Crippen LogP contribution in [0.2, 0.25) is 0 Å². The average Bonchev–Trinajstić information content (AvgIpc) is 2.53. The molecular formula is C17H20N2O2. The summed E-state index contributed by atoms with van der Waals surface area (Å²) < 4.78 is 5.02. The minimum Gasteiger partial charge on any atom is -0.468 e. The van der Waals surface area contributed by atoms with Crippen LogP contribution in [0.5, 0.6) is 0 Å². The highest BCUT2D eigenvalue weighted by Gasteiger charge is 2.40.